The van der Waals surface area contributed by atoms with Crippen molar-refractivity contribution in [2.24, 2.45) is 0 Å². The Balaban J connectivity index is 1.22. The summed E-state index contributed by atoms with van der Waals surface area (Å²) in [6.07, 6.45) is 7.93. The van der Waals surface area contributed by atoms with Crippen molar-refractivity contribution in [1.82, 2.24) is 29.1 Å². The second kappa shape index (κ2) is 9.79. The predicted molar refractivity (Wildman–Crippen MR) is 141 cm³/mol. The average molecular weight is 502 g/mol. The molecule has 1 N–H and O–H groups in total. The third-order valence-corrected chi connectivity index (χ3v) is 7.49. The number of hydrogen-bond donors (Lipinski definition) is 1. The van der Waals surface area contributed by atoms with Gasteiger partial charge in [-0.25, -0.2) is 19.9 Å². The zero-order chi connectivity index (χ0) is 24.5. The van der Waals surface area contributed by atoms with Gasteiger partial charge in [0.25, 0.3) is 5.56 Å². The van der Waals surface area contributed by atoms with Gasteiger partial charge in [0.2, 0.25) is 0 Å². The van der Waals surface area contributed by atoms with E-state index in [0.717, 1.165) is 66.0 Å². The quantitative estimate of drug-likeness (QED) is 0.324. The second-order valence-electron chi connectivity index (χ2n) is 8.99. The SMILES string of the molecule is Cc1ccccc1-n1c(CCCNc2ncnc3c2ncn3C2CCCCO2)nc2ccsc2c1=O. The van der Waals surface area contributed by atoms with Crippen LogP contribution in [-0.4, -0.2) is 42.2 Å². The van der Waals surface area contributed by atoms with Gasteiger partial charge in [0.1, 0.15) is 23.1 Å². The molecule has 10 heteroatoms. The van der Waals surface area contributed by atoms with Crippen LogP contribution in [0, 0.1) is 6.92 Å². The molecular formula is C26H27N7O2S. The molecule has 6 rings (SSSR count). The molecule has 0 bridgehead atoms. The molecular weight excluding hydrogens is 474 g/mol. The molecule has 1 unspecified atom stereocenters. The Labute approximate surface area is 211 Å². The number of ether oxygens (including phenoxy) is 1. The summed E-state index contributed by atoms with van der Waals surface area (Å²) in [4.78, 5) is 31.7. The van der Waals surface area contributed by atoms with Gasteiger partial charge in [-0.15, -0.1) is 11.3 Å². The number of imidazole rings is 1. The first-order valence-corrected chi connectivity index (χ1v) is 13.2. The largest absolute Gasteiger partial charge is 0.368 e. The fourth-order valence-corrected chi connectivity index (χ4v) is 5.54. The fourth-order valence-electron chi connectivity index (χ4n) is 4.78. The van der Waals surface area contributed by atoms with Crippen LogP contribution in [-0.2, 0) is 11.2 Å². The minimum atomic E-state index is -0.0252. The van der Waals surface area contributed by atoms with E-state index in [9.17, 15) is 4.79 Å². The number of benzene rings is 1. The van der Waals surface area contributed by atoms with Crippen LogP contribution < -0.4 is 10.9 Å². The molecule has 36 heavy (non-hydrogen) atoms. The molecule has 1 atom stereocenters. The third kappa shape index (κ3) is 4.16. The lowest BCUT2D eigenvalue weighted by molar-refractivity contribution is -0.0298. The van der Waals surface area contributed by atoms with E-state index >= 15 is 0 Å². The minimum absolute atomic E-state index is 0.0137. The monoisotopic (exact) mass is 501 g/mol. The van der Waals surface area contributed by atoms with E-state index in [2.05, 4.69) is 20.3 Å². The molecule has 0 saturated carbocycles. The number of hydrogen-bond acceptors (Lipinski definition) is 8. The highest BCUT2D eigenvalue weighted by Gasteiger charge is 2.20. The van der Waals surface area contributed by atoms with Gasteiger partial charge in [-0.3, -0.25) is 13.9 Å². The number of fused-ring (bicyclic) bond motifs is 2. The summed E-state index contributed by atoms with van der Waals surface area (Å²) in [5, 5.41) is 5.33. The Morgan fingerprint density at radius 1 is 1.17 bits per heavy atom. The second-order valence-corrected chi connectivity index (χ2v) is 9.90. The number of para-hydroxylation sites is 1. The van der Waals surface area contributed by atoms with Crippen molar-refractivity contribution in [3.63, 3.8) is 0 Å². The van der Waals surface area contributed by atoms with E-state index < -0.39 is 0 Å². The average Bonchev–Trinajstić information content (AvgIpc) is 3.56. The molecule has 1 aliphatic rings. The van der Waals surface area contributed by atoms with Crippen LogP contribution in [0.4, 0.5) is 5.82 Å². The van der Waals surface area contributed by atoms with E-state index in [4.69, 9.17) is 9.72 Å². The molecule has 5 heterocycles. The predicted octanol–water partition coefficient (Wildman–Crippen LogP) is 4.64. The zero-order valence-corrected chi connectivity index (χ0v) is 20.9. The molecule has 184 valence electrons. The molecule has 0 radical (unpaired) electrons. The summed E-state index contributed by atoms with van der Waals surface area (Å²) in [6.45, 7) is 3.44. The highest BCUT2D eigenvalue weighted by Crippen LogP contribution is 2.27. The number of rotatable bonds is 7. The minimum Gasteiger partial charge on any atom is -0.368 e. The van der Waals surface area contributed by atoms with Gasteiger partial charge < -0.3 is 10.1 Å². The van der Waals surface area contributed by atoms with Crippen molar-refractivity contribution in [2.45, 2.75) is 45.3 Å². The molecule has 0 aliphatic carbocycles. The maximum atomic E-state index is 13.4. The normalized spacial score (nSPS) is 16.1. The van der Waals surface area contributed by atoms with Crippen molar-refractivity contribution in [2.75, 3.05) is 18.5 Å². The third-order valence-electron chi connectivity index (χ3n) is 6.60. The van der Waals surface area contributed by atoms with E-state index in [-0.39, 0.29) is 11.8 Å². The molecule has 1 saturated heterocycles. The summed E-state index contributed by atoms with van der Waals surface area (Å²) >= 11 is 1.44. The van der Waals surface area contributed by atoms with Crippen LogP contribution in [0.25, 0.3) is 27.1 Å². The molecule has 4 aromatic heterocycles. The summed E-state index contributed by atoms with van der Waals surface area (Å²) in [6, 6.07) is 9.84. The number of aryl methyl sites for hydroxylation is 2. The first-order valence-electron chi connectivity index (χ1n) is 12.3. The van der Waals surface area contributed by atoms with Gasteiger partial charge in [-0.05, 0) is 55.7 Å². The molecule has 1 fully saturated rings. The molecule has 0 amide bonds. The lowest BCUT2D eigenvalue weighted by Gasteiger charge is -2.23. The summed E-state index contributed by atoms with van der Waals surface area (Å²) in [5.74, 6) is 1.46. The maximum absolute atomic E-state index is 13.4. The highest BCUT2D eigenvalue weighted by molar-refractivity contribution is 7.17. The number of aromatic nitrogens is 6. The Bertz CT molecular complexity index is 1580. The van der Waals surface area contributed by atoms with E-state index in [1.807, 2.05) is 47.2 Å². The maximum Gasteiger partial charge on any atom is 0.276 e. The summed E-state index contributed by atoms with van der Waals surface area (Å²) < 4.78 is 10.4. The lowest BCUT2D eigenvalue weighted by Crippen LogP contribution is -2.24. The van der Waals surface area contributed by atoms with Crippen molar-refractivity contribution < 1.29 is 4.74 Å². The van der Waals surface area contributed by atoms with Gasteiger partial charge >= 0.3 is 0 Å². The zero-order valence-electron chi connectivity index (χ0n) is 20.1. The number of anilines is 1. The van der Waals surface area contributed by atoms with Gasteiger partial charge in [-0.1, -0.05) is 18.2 Å². The van der Waals surface area contributed by atoms with Crippen LogP contribution in [0.3, 0.4) is 0 Å². The topological polar surface area (TPSA) is 99.8 Å². The Morgan fingerprint density at radius 3 is 2.94 bits per heavy atom. The molecule has 0 spiro atoms. The first-order chi connectivity index (χ1) is 17.7. The van der Waals surface area contributed by atoms with E-state index in [0.29, 0.717) is 23.5 Å². The summed E-state index contributed by atoms with van der Waals surface area (Å²) in [7, 11) is 0. The smallest absolute Gasteiger partial charge is 0.276 e. The van der Waals surface area contributed by atoms with E-state index in [1.165, 1.54) is 11.3 Å². The standard InChI is InChI=1S/C26H27N7O2S/c1-17-7-2-3-8-19(17)33-20(31-18-11-14-36-23(18)26(33)34)9-6-12-27-24-22-25(29-15-28-24)32(16-30-22)21-10-4-5-13-35-21/h2-3,7-8,11,14-16,21H,4-6,9-10,12-13H2,1H3,(H,27,28,29). The van der Waals surface area contributed by atoms with E-state index in [1.54, 1.807) is 17.2 Å². The van der Waals surface area contributed by atoms with Gasteiger partial charge in [-0.2, -0.15) is 0 Å². The van der Waals surface area contributed by atoms with Crippen LogP contribution in [0.1, 0.15) is 43.3 Å². The van der Waals surface area contributed by atoms with Gasteiger partial charge in [0.05, 0.1) is 17.5 Å². The Kier molecular flexibility index (Phi) is 6.20. The van der Waals surface area contributed by atoms with Crippen LogP contribution in [0.2, 0.25) is 0 Å². The van der Waals surface area contributed by atoms with Crippen LogP contribution in [0.15, 0.2) is 53.2 Å². The number of thiophene rings is 1. The van der Waals surface area contributed by atoms with Gasteiger partial charge in [0, 0.05) is 19.6 Å². The number of nitrogens with zero attached hydrogens (tertiary/aromatic N) is 6. The molecule has 9 nitrogen and oxygen atoms in total. The van der Waals surface area contributed by atoms with Crippen molar-refractivity contribution in [1.29, 1.82) is 0 Å². The van der Waals surface area contributed by atoms with Gasteiger partial charge in [0.15, 0.2) is 17.0 Å². The van der Waals surface area contributed by atoms with Crippen LogP contribution in [0.5, 0.6) is 0 Å². The van der Waals surface area contributed by atoms with Crippen molar-refractivity contribution in [3.8, 4) is 5.69 Å². The van der Waals surface area contributed by atoms with Crippen molar-refractivity contribution in [3.05, 3.63) is 70.1 Å². The molecule has 1 aliphatic heterocycles. The van der Waals surface area contributed by atoms with Crippen molar-refractivity contribution >= 4 is 38.5 Å². The fraction of sp³-hybridized carbons (Fsp3) is 0.346. The lowest BCUT2D eigenvalue weighted by atomic mass is 10.2. The van der Waals surface area contributed by atoms with Crippen LogP contribution >= 0.6 is 11.3 Å². The highest BCUT2D eigenvalue weighted by atomic mass is 32.1. The summed E-state index contributed by atoms with van der Waals surface area (Å²) in [5.41, 5.74) is 4.17. The molecule has 1 aromatic carbocycles. The number of nitrogens with one attached hydrogen (secondary N) is 1. The first kappa shape index (κ1) is 22.8. The molecule has 5 aromatic rings. The Hall–Kier alpha value is -3.63. The Morgan fingerprint density at radius 2 is 2.08 bits per heavy atom.